The molecule has 0 bridgehead atoms. The maximum Gasteiger partial charge on any atom is 0.407 e. The van der Waals surface area contributed by atoms with Crippen LogP contribution in [0, 0.1) is 0 Å². The summed E-state index contributed by atoms with van der Waals surface area (Å²) in [5.41, 5.74) is 2.24. The van der Waals surface area contributed by atoms with E-state index in [4.69, 9.17) is 4.74 Å². The molecule has 0 aliphatic heterocycles. The molecule has 0 saturated carbocycles. The minimum Gasteiger partial charge on any atom is -0.508 e. The second-order valence-corrected chi connectivity index (χ2v) is 6.31. The first kappa shape index (κ1) is 17.8. The number of benzene rings is 3. The molecule has 134 valence electrons. The highest BCUT2D eigenvalue weighted by Crippen LogP contribution is 2.21. The Balaban J connectivity index is 1.35. The van der Waals surface area contributed by atoms with Crippen LogP contribution in [-0.2, 0) is 17.8 Å². The molecule has 0 saturated heterocycles. The van der Waals surface area contributed by atoms with Crippen molar-refractivity contribution in [2.24, 2.45) is 0 Å². The van der Waals surface area contributed by atoms with Crippen molar-refractivity contribution in [2.45, 2.75) is 25.9 Å². The Bertz CT molecular complexity index is 862. The summed E-state index contributed by atoms with van der Waals surface area (Å²) in [6.07, 6.45) is 2.47. The fourth-order valence-electron chi connectivity index (χ4n) is 2.86. The Hall–Kier alpha value is -3.01. The third-order valence-electron chi connectivity index (χ3n) is 4.26. The molecule has 26 heavy (non-hydrogen) atoms. The minimum atomic E-state index is -0.376. The zero-order valence-corrected chi connectivity index (χ0v) is 14.7. The molecule has 2 N–H and O–H groups in total. The average molecular weight is 349 g/mol. The summed E-state index contributed by atoms with van der Waals surface area (Å²) in [5.74, 6) is 0.287. The molecule has 0 aromatic heterocycles. The minimum absolute atomic E-state index is 0.287. The van der Waals surface area contributed by atoms with Crippen molar-refractivity contribution in [1.82, 2.24) is 5.32 Å². The van der Waals surface area contributed by atoms with E-state index >= 15 is 0 Å². The number of aromatic hydroxyl groups is 1. The zero-order valence-electron chi connectivity index (χ0n) is 14.7. The summed E-state index contributed by atoms with van der Waals surface area (Å²) in [6, 6.07) is 21.3. The van der Waals surface area contributed by atoms with Crippen molar-refractivity contribution in [1.29, 1.82) is 0 Å². The topological polar surface area (TPSA) is 58.6 Å². The van der Waals surface area contributed by atoms with Crippen molar-refractivity contribution in [3.05, 3.63) is 77.9 Å². The summed E-state index contributed by atoms with van der Waals surface area (Å²) in [7, 11) is 0. The lowest BCUT2D eigenvalue weighted by Gasteiger charge is -2.07. The van der Waals surface area contributed by atoms with Gasteiger partial charge in [-0.3, -0.25) is 0 Å². The summed E-state index contributed by atoms with van der Waals surface area (Å²) in [4.78, 5) is 11.7. The van der Waals surface area contributed by atoms with Gasteiger partial charge in [0.1, 0.15) is 12.4 Å². The van der Waals surface area contributed by atoms with Crippen LogP contribution >= 0.6 is 0 Å². The van der Waals surface area contributed by atoms with E-state index in [1.165, 1.54) is 5.56 Å². The molecule has 0 unspecified atom stereocenters. The van der Waals surface area contributed by atoms with E-state index in [9.17, 15) is 9.90 Å². The van der Waals surface area contributed by atoms with Crippen LogP contribution in [-0.4, -0.2) is 17.7 Å². The Morgan fingerprint density at radius 3 is 2.50 bits per heavy atom. The summed E-state index contributed by atoms with van der Waals surface area (Å²) in [6.45, 7) is 0.897. The molecule has 3 aromatic rings. The van der Waals surface area contributed by atoms with Crippen molar-refractivity contribution in [3.63, 3.8) is 0 Å². The normalized spacial score (nSPS) is 10.6. The van der Waals surface area contributed by atoms with Crippen LogP contribution in [0.25, 0.3) is 10.8 Å². The lowest BCUT2D eigenvalue weighted by molar-refractivity contribution is 0.139. The fraction of sp³-hybridized carbons (Fsp3) is 0.227. The summed E-state index contributed by atoms with van der Waals surface area (Å²) >= 11 is 0. The van der Waals surface area contributed by atoms with Crippen molar-refractivity contribution >= 4 is 16.9 Å². The van der Waals surface area contributed by atoms with Gasteiger partial charge in [0.15, 0.2) is 0 Å². The number of amides is 1. The van der Waals surface area contributed by atoms with Crippen LogP contribution in [0.3, 0.4) is 0 Å². The number of hydrogen-bond donors (Lipinski definition) is 2. The average Bonchev–Trinajstić information content (AvgIpc) is 2.67. The van der Waals surface area contributed by atoms with Gasteiger partial charge < -0.3 is 15.2 Å². The Kier molecular flexibility index (Phi) is 6.09. The highest BCUT2D eigenvalue weighted by atomic mass is 16.5. The van der Waals surface area contributed by atoms with Crippen molar-refractivity contribution < 1.29 is 14.6 Å². The van der Waals surface area contributed by atoms with Crippen molar-refractivity contribution in [2.75, 3.05) is 6.54 Å². The number of hydrogen-bond acceptors (Lipinski definition) is 3. The maximum atomic E-state index is 11.7. The Morgan fingerprint density at radius 2 is 1.65 bits per heavy atom. The first-order valence-corrected chi connectivity index (χ1v) is 8.87. The van der Waals surface area contributed by atoms with E-state index in [2.05, 4.69) is 17.4 Å². The predicted molar refractivity (Wildman–Crippen MR) is 103 cm³/mol. The summed E-state index contributed by atoms with van der Waals surface area (Å²) < 4.78 is 5.18. The van der Waals surface area contributed by atoms with Crippen LogP contribution in [0.5, 0.6) is 5.75 Å². The van der Waals surface area contributed by atoms with Gasteiger partial charge in [0, 0.05) is 6.54 Å². The van der Waals surface area contributed by atoms with Gasteiger partial charge in [0.05, 0.1) is 0 Å². The van der Waals surface area contributed by atoms with Crippen LogP contribution in [0.1, 0.15) is 24.0 Å². The van der Waals surface area contributed by atoms with Crippen LogP contribution in [0.2, 0.25) is 0 Å². The number of rotatable bonds is 7. The number of ether oxygens (including phenoxy) is 1. The van der Waals surface area contributed by atoms with E-state index in [1.807, 2.05) is 42.5 Å². The molecule has 0 aliphatic carbocycles. The van der Waals surface area contributed by atoms with Gasteiger partial charge in [-0.15, -0.1) is 0 Å². The highest BCUT2D eigenvalue weighted by Gasteiger charge is 2.02. The van der Waals surface area contributed by atoms with Gasteiger partial charge >= 0.3 is 6.09 Å². The standard InChI is InChI=1S/C22H23NO3/c24-21-12-11-19-14-17(9-10-20(19)15-21)6-4-5-13-23-22(25)26-16-18-7-2-1-3-8-18/h1-3,7-12,14-15,24H,4-6,13,16H2,(H,23,25). The highest BCUT2D eigenvalue weighted by molar-refractivity contribution is 5.84. The lowest BCUT2D eigenvalue weighted by atomic mass is 10.0. The number of carbonyl (C=O) groups excluding carboxylic acids is 1. The van der Waals surface area contributed by atoms with Gasteiger partial charge in [0.25, 0.3) is 0 Å². The molecule has 4 nitrogen and oxygen atoms in total. The molecule has 0 radical (unpaired) electrons. The first-order chi connectivity index (χ1) is 12.7. The molecule has 0 atom stereocenters. The molecule has 1 amide bonds. The zero-order chi connectivity index (χ0) is 18.2. The molecule has 0 aliphatic rings. The van der Waals surface area contributed by atoms with Gasteiger partial charge in [0.2, 0.25) is 0 Å². The van der Waals surface area contributed by atoms with E-state index in [0.29, 0.717) is 13.2 Å². The molecule has 0 heterocycles. The van der Waals surface area contributed by atoms with Gasteiger partial charge in [-0.1, -0.05) is 54.6 Å². The number of phenolic OH excluding ortho intramolecular Hbond substituents is 1. The molecule has 0 spiro atoms. The molecular weight excluding hydrogens is 326 g/mol. The third-order valence-corrected chi connectivity index (χ3v) is 4.26. The summed E-state index contributed by atoms with van der Waals surface area (Å²) in [5, 5.41) is 14.5. The molecule has 4 heteroatoms. The number of carbonyl (C=O) groups is 1. The molecule has 3 aromatic carbocycles. The number of alkyl carbamates (subject to hydrolysis) is 1. The SMILES string of the molecule is O=C(NCCCCc1ccc2cc(O)ccc2c1)OCc1ccccc1. The smallest absolute Gasteiger partial charge is 0.407 e. The van der Waals surface area contributed by atoms with E-state index in [1.54, 1.807) is 12.1 Å². The fourth-order valence-corrected chi connectivity index (χ4v) is 2.86. The largest absolute Gasteiger partial charge is 0.508 e. The quantitative estimate of drug-likeness (QED) is 0.603. The second-order valence-electron chi connectivity index (χ2n) is 6.31. The van der Waals surface area contributed by atoms with Gasteiger partial charge in [-0.05, 0) is 53.3 Å². The molecular formula is C22H23NO3. The number of phenols is 1. The third kappa shape index (κ3) is 5.24. The van der Waals surface area contributed by atoms with Crippen molar-refractivity contribution in [3.8, 4) is 5.75 Å². The predicted octanol–water partition coefficient (Wildman–Crippen LogP) is 4.79. The Morgan fingerprint density at radius 1 is 0.885 bits per heavy atom. The van der Waals surface area contributed by atoms with Crippen LogP contribution in [0.15, 0.2) is 66.7 Å². The molecule has 0 fully saturated rings. The number of nitrogens with one attached hydrogen (secondary N) is 1. The number of aryl methyl sites for hydroxylation is 1. The van der Waals surface area contributed by atoms with Crippen LogP contribution in [0.4, 0.5) is 4.79 Å². The first-order valence-electron chi connectivity index (χ1n) is 8.87. The molecule has 3 rings (SSSR count). The number of fused-ring (bicyclic) bond motifs is 1. The van der Waals surface area contributed by atoms with Crippen LogP contribution < -0.4 is 5.32 Å². The lowest BCUT2D eigenvalue weighted by Crippen LogP contribution is -2.25. The van der Waals surface area contributed by atoms with Gasteiger partial charge in [-0.2, -0.15) is 0 Å². The Labute approximate surface area is 153 Å². The van der Waals surface area contributed by atoms with Gasteiger partial charge in [-0.25, -0.2) is 4.79 Å². The van der Waals surface area contributed by atoms with E-state index in [-0.39, 0.29) is 11.8 Å². The second kappa shape index (κ2) is 8.90. The number of unbranched alkanes of at least 4 members (excludes halogenated alkanes) is 1. The van der Waals surface area contributed by atoms with E-state index < -0.39 is 0 Å². The van der Waals surface area contributed by atoms with E-state index in [0.717, 1.165) is 35.6 Å². The monoisotopic (exact) mass is 349 g/mol. The maximum absolute atomic E-state index is 11.7.